The minimum Gasteiger partial charge on any atom is -0.475 e. The Morgan fingerprint density at radius 2 is 2.02 bits per heavy atom. The average molecular weight is 644 g/mol. The lowest BCUT2D eigenvalue weighted by atomic mass is 9.93. The van der Waals surface area contributed by atoms with Crippen LogP contribution in [0.25, 0.3) is 33.1 Å². The number of halogens is 2. The molecule has 1 N–H and O–H groups in total. The monoisotopic (exact) mass is 643 g/mol. The summed E-state index contributed by atoms with van der Waals surface area (Å²) < 4.78 is 36.1. The van der Waals surface area contributed by atoms with Crippen molar-refractivity contribution < 1.29 is 18.6 Å². The molecule has 46 heavy (non-hydrogen) atoms. The molecule has 10 rings (SSSR count). The predicted molar refractivity (Wildman–Crippen MR) is 171 cm³/mol. The highest BCUT2D eigenvalue weighted by Gasteiger charge is 2.48. The quantitative estimate of drug-likeness (QED) is 0.265. The van der Waals surface area contributed by atoms with E-state index in [0.717, 1.165) is 68.1 Å². The van der Waals surface area contributed by atoms with Crippen molar-refractivity contribution in [3.8, 4) is 23.1 Å². The van der Waals surface area contributed by atoms with Crippen LogP contribution in [0.2, 0.25) is 5.02 Å². The summed E-state index contributed by atoms with van der Waals surface area (Å²) in [7, 11) is 0. The number of allylic oxidation sites excluding steroid dienone is 1. The Bertz CT molecular complexity index is 1950. The lowest BCUT2D eigenvalue weighted by molar-refractivity contribution is 0.108. The smallest absolute Gasteiger partial charge is 0.319 e. The zero-order valence-electron chi connectivity index (χ0n) is 25.6. The molecule has 10 nitrogen and oxygen atoms in total. The van der Waals surface area contributed by atoms with Crippen LogP contribution in [-0.4, -0.2) is 87.7 Å². The molecule has 3 saturated heterocycles. The number of nitrogens with one attached hydrogen (secondary N) is 1. The number of hydrogen-bond donors (Lipinski definition) is 1. The highest BCUT2D eigenvalue weighted by molar-refractivity contribution is 6.33. The van der Waals surface area contributed by atoms with Crippen molar-refractivity contribution in [2.45, 2.75) is 68.9 Å². The van der Waals surface area contributed by atoms with Gasteiger partial charge < -0.3 is 19.1 Å². The third-order valence-electron chi connectivity index (χ3n) is 10.9. The van der Waals surface area contributed by atoms with Crippen LogP contribution >= 0.6 is 11.6 Å². The van der Waals surface area contributed by atoms with Crippen molar-refractivity contribution in [1.29, 1.82) is 0 Å². The molecule has 0 spiro atoms. The maximum Gasteiger partial charge on any atom is 0.319 e. The summed E-state index contributed by atoms with van der Waals surface area (Å²) in [6.07, 6.45) is 10.3. The number of pyridine rings is 1. The summed E-state index contributed by atoms with van der Waals surface area (Å²) in [5.41, 5.74) is 5.75. The SMILES string of the molecule is Fc1c(-c2c(C3CC3)c(Cl)cc3[nH]ncc23)nc2c3c(nc(OC[C@@]45CCCN4CC(=C4CC4)C5)nc13)N1CCCOC[C@H]1CO2. The summed E-state index contributed by atoms with van der Waals surface area (Å²) in [4.78, 5) is 19.5. The molecule has 0 unspecified atom stereocenters. The molecule has 0 bridgehead atoms. The van der Waals surface area contributed by atoms with Gasteiger partial charge in [0.05, 0.1) is 29.9 Å². The Balaban J connectivity index is 1.14. The normalized spacial score (nSPS) is 25.9. The summed E-state index contributed by atoms with van der Waals surface area (Å²) in [5, 5.41) is 9.10. The molecule has 2 aliphatic carbocycles. The minimum atomic E-state index is -0.533. The number of anilines is 1. The van der Waals surface area contributed by atoms with Crippen LogP contribution in [0.1, 0.15) is 62.8 Å². The van der Waals surface area contributed by atoms with Gasteiger partial charge in [0.25, 0.3) is 0 Å². The molecular weight excluding hydrogens is 609 g/mol. The largest absolute Gasteiger partial charge is 0.475 e. The highest BCUT2D eigenvalue weighted by atomic mass is 35.5. The summed E-state index contributed by atoms with van der Waals surface area (Å²) >= 11 is 6.86. The van der Waals surface area contributed by atoms with Crippen molar-refractivity contribution in [1.82, 2.24) is 30.0 Å². The van der Waals surface area contributed by atoms with Gasteiger partial charge in [-0.15, -0.1) is 0 Å². The third-order valence-corrected chi connectivity index (χ3v) is 11.2. The van der Waals surface area contributed by atoms with Gasteiger partial charge in [-0.2, -0.15) is 15.1 Å². The van der Waals surface area contributed by atoms with E-state index in [1.165, 1.54) is 12.8 Å². The number of fused-ring (bicyclic) bond motifs is 4. The van der Waals surface area contributed by atoms with Gasteiger partial charge in [-0.25, -0.2) is 9.37 Å². The number of aromatic nitrogens is 5. The van der Waals surface area contributed by atoms with Crippen molar-refractivity contribution in [3.63, 3.8) is 0 Å². The number of benzene rings is 1. The standard InChI is InChI=1S/C34H35ClFN7O3/c35-23-11-24-22(13-37-41-24)26(25(23)19-5-6-19)29-28(36)30-27-31(43-9-2-10-44-15-21(43)16-45-32(27)38-29)40-33(39-30)46-17-34-7-1-8-42(34)14-20(12-34)18-3-4-18/h11,13,19,21H,1-10,12,14-17H2,(H,37,41)/t21-,34-/m0/s1. The van der Waals surface area contributed by atoms with E-state index in [1.807, 2.05) is 6.07 Å². The van der Waals surface area contributed by atoms with Crippen molar-refractivity contribution in [2.24, 2.45) is 0 Å². The van der Waals surface area contributed by atoms with Crippen LogP contribution in [0.4, 0.5) is 10.2 Å². The number of ether oxygens (including phenoxy) is 3. The van der Waals surface area contributed by atoms with E-state index in [9.17, 15) is 0 Å². The molecule has 7 heterocycles. The molecule has 2 atom stereocenters. The molecule has 4 aromatic rings. The van der Waals surface area contributed by atoms with Crippen LogP contribution in [-0.2, 0) is 4.74 Å². The number of aromatic amines is 1. The molecule has 238 valence electrons. The first-order valence-corrected chi connectivity index (χ1v) is 17.1. The molecular formula is C34H35ClFN7O3. The van der Waals surface area contributed by atoms with E-state index < -0.39 is 5.82 Å². The lowest BCUT2D eigenvalue weighted by Crippen LogP contribution is -2.43. The van der Waals surface area contributed by atoms with E-state index >= 15 is 4.39 Å². The van der Waals surface area contributed by atoms with Gasteiger partial charge in [0.15, 0.2) is 5.82 Å². The summed E-state index contributed by atoms with van der Waals surface area (Å²) in [5.74, 6) is 0.616. The first-order chi connectivity index (χ1) is 22.6. The molecule has 0 amide bonds. The van der Waals surface area contributed by atoms with Crippen LogP contribution in [0.15, 0.2) is 23.4 Å². The van der Waals surface area contributed by atoms with Crippen molar-refractivity contribution >= 4 is 39.2 Å². The van der Waals surface area contributed by atoms with E-state index in [2.05, 4.69) is 20.0 Å². The van der Waals surface area contributed by atoms with Crippen LogP contribution in [0.5, 0.6) is 11.9 Å². The molecule has 1 aromatic carbocycles. The second-order valence-corrected chi connectivity index (χ2v) is 14.3. The van der Waals surface area contributed by atoms with Crippen molar-refractivity contribution in [3.05, 3.63) is 39.8 Å². The number of nitrogens with zero attached hydrogens (tertiary/aromatic N) is 6. The molecule has 4 aliphatic heterocycles. The first kappa shape index (κ1) is 27.6. The fourth-order valence-corrected chi connectivity index (χ4v) is 8.72. The van der Waals surface area contributed by atoms with Crippen LogP contribution < -0.4 is 14.4 Å². The van der Waals surface area contributed by atoms with Gasteiger partial charge in [-0.1, -0.05) is 22.7 Å². The Morgan fingerprint density at radius 3 is 2.89 bits per heavy atom. The van der Waals surface area contributed by atoms with Crippen LogP contribution in [0.3, 0.4) is 0 Å². The summed E-state index contributed by atoms with van der Waals surface area (Å²) in [6, 6.07) is 1.96. The maximum atomic E-state index is 17.2. The van der Waals surface area contributed by atoms with Gasteiger partial charge in [0.1, 0.15) is 35.6 Å². The topological polar surface area (TPSA) is 102 Å². The Hall–Kier alpha value is -3.54. The van der Waals surface area contributed by atoms with Gasteiger partial charge in [0.2, 0.25) is 5.88 Å². The zero-order valence-corrected chi connectivity index (χ0v) is 26.3. The highest BCUT2D eigenvalue weighted by Crippen LogP contribution is 2.52. The zero-order chi connectivity index (χ0) is 30.6. The van der Waals surface area contributed by atoms with Gasteiger partial charge >= 0.3 is 6.01 Å². The molecule has 12 heteroatoms. The Kier molecular flexibility index (Phi) is 6.13. The fourth-order valence-electron chi connectivity index (χ4n) is 8.36. The Labute approximate surface area is 270 Å². The van der Waals surface area contributed by atoms with E-state index in [0.29, 0.717) is 60.6 Å². The lowest BCUT2D eigenvalue weighted by Gasteiger charge is -2.31. The Morgan fingerprint density at radius 1 is 1.11 bits per heavy atom. The molecule has 0 radical (unpaired) electrons. The maximum absolute atomic E-state index is 17.2. The van der Waals surface area contributed by atoms with E-state index in [-0.39, 0.29) is 34.7 Å². The first-order valence-electron chi connectivity index (χ1n) is 16.7. The summed E-state index contributed by atoms with van der Waals surface area (Å²) in [6.45, 7) is 4.76. The third kappa shape index (κ3) is 4.27. The van der Waals surface area contributed by atoms with Gasteiger partial charge in [-0.3, -0.25) is 10.00 Å². The van der Waals surface area contributed by atoms with Crippen LogP contribution in [0, 0.1) is 5.82 Å². The number of rotatable bonds is 5. The van der Waals surface area contributed by atoms with Gasteiger partial charge in [-0.05, 0) is 75.5 Å². The molecule has 3 aromatic heterocycles. The second kappa shape index (κ2) is 10.2. The van der Waals surface area contributed by atoms with E-state index in [1.54, 1.807) is 17.3 Å². The van der Waals surface area contributed by atoms with Gasteiger partial charge in [0, 0.05) is 35.7 Å². The second-order valence-electron chi connectivity index (χ2n) is 13.9. The average Bonchev–Trinajstić information content (AvgIpc) is 3.97. The minimum absolute atomic E-state index is 0.0561. The number of H-pyrrole nitrogens is 1. The molecule has 5 fully saturated rings. The molecule has 6 aliphatic rings. The fraction of sp³-hybridized carbons (Fsp3) is 0.529. The van der Waals surface area contributed by atoms with E-state index in [4.69, 9.17) is 40.8 Å². The predicted octanol–water partition coefficient (Wildman–Crippen LogP) is 5.93. The van der Waals surface area contributed by atoms with Crippen molar-refractivity contribution in [2.75, 3.05) is 51.0 Å². The molecule has 2 saturated carbocycles. The number of hydrogen-bond acceptors (Lipinski definition) is 9.